The standard InChI is InChI=1S/C24H40N4O4/c1-19(2)18-28(24(30)22-7-6-9-26(22)8-4-5-12-31-3)21-15-20(16-25-17-21)23(29)27-10-13-32-14-11-27/h6-7,9,19-21,25H,4-5,8,10-18H2,1-3H3/t20-,21+/m1/s1. The Labute approximate surface area is 192 Å². The molecule has 2 fully saturated rings. The van der Waals surface area contributed by atoms with Crippen LogP contribution in [-0.2, 0) is 20.8 Å². The Morgan fingerprint density at radius 3 is 2.75 bits per heavy atom. The molecule has 2 saturated heterocycles. The number of carbonyl (C=O) groups is 2. The molecule has 2 aliphatic heterocycles. The fourth-order valence-corrected chi connectivity index (χ4v) is 4.66. The molecular formula is C24H40N4O4. The number of morpholine rings is 1. The topological polar surface area (TPSA) is 76.0 Å². The van der Waals surface area contributed by atoms with E-state index in [0.717, 1.165) is 38.2 Å². The second-order valence-corrected chi connectivity index (χ2v) is 9.32. The van der Waals surface area contributed by atoms with Gasteiger partial charge in [0.25, 0.3) is 5.91 Å². The number of ether oxygens (including phenoxy) is 2. The molecule has 0 saturated carbocycles. The van der Waals surface area contributed by atoms with Crippen LogP contribution in [0.25, 0.3) is 0 Å². The number of carbonyl (C=O) groups excluding carboxylic acids is 2. The maximum atomic E-state index is 13.7. The highest BCUT2D eigenvalue weighted by Crippen LogP contribution is 2.22. The number of nitrogens with zero attached hydrogens (tertiary/aromatic N) is 3. The molecule has 0 aliphatic carbocycles. The van der Waals surface area contributed by atoms with E-state index in [0.29, 0.717) is 51.7 Å². The first-order chi connectivity index (χ1) is 15.5. The first-order valence-electron chi connectivity index (χ1n) is 12.0. The quantitative estimate of drug-likeness (QED) is 0.553. The largest absolute Gasteiger partial charge is 0.385 e. The lowest BCUT2D eigenvalue weighted by Gasteiger charge is -2.40. The maximum Gasteiger partial charge on any atom is 0.270 e. The van der Waals surface area contributed by atoms with Gasteiger partial charge in [0, 0.05) is 65.2 Å². The zero-order valence-corrected chi connectivity index (χ0v) is 19.9. The molecular weight excluding hydrogens is 408 g/mol. The fraction of sp³-hybridized carbons (Fsp3) is 0.750. The third kappa shape index (κ3) is 6.56. The van der Waals surface area contributed by atoms with Gasteiger partial charge in [0.15, 0.2) is 0 Å². The summed E-state index contributed by atoms with van der Waals surface area (Å²) >= 11 is 0. The molecule has 2 amide bonds. The number of hydrogen-bond donors (Lipinski definition) is 1. The lowest BCUT2D eigenvalue weighted by molar-refractivity contribution is -0.140. The second-order valence-electron chi connectivity index (χ2n) is 9.32. The van der Waals surface area contributed by atoms with Crippen LogP contribution in [-0.4, -0.2) is 91.9 Å². The van der Waals surface area contributed by atoms with Gasteiger partial charge in [0.1, 0.15) is 5.69 Å². The van der Waals surface area contributed by atoms with Gasteiger partial charge in [-0.2, -0.15) is 0 Å². The number of nitrogens with one attached hydrogen (secondary N) is 1. The summed E-state index contributed by atoms with van der Waals surface area (Å²) in [5.74, 6) is 0.486. The van der Waals surface area contributed by atoms with E-state index in [1.54, 1.807) is 7.11 Å². The van der Waals surface area contributed by atoms with Crippen LogP contribution in [0.1, 0.15) is 43.6 Å². The number of hydrogen-bond acceptors (Lipinski definition) is 5. The van der Waals surface area contributed by atoms with Crippen molar-refractivity contribution in [1.29, 1.82) is 0 Å². The molecule has 8 heteroatoms. The van der Waals surface area contributed by atoms with Crippen LogP contribution < -0.4 is 5.32 Å². The summed E-state index contributed by atoms with van der Waals surface area (Å²) in [4.78, 5) is 30.7. The molecule has 3 heterocycles. The molecule has 180 valence electrons. The summed E-state index contributed by atoms with van der Waals surface area (Å²) in [6, 6.07) is 3.87. The highest BCUT2D eigenvalue weighted by atomic mass is 16.5. The van der Waals surface area contributed by atoms with Crippen molar-refractivity contribution in [2.24, 2.45) is 11.8 Å². The second kappa shape index (κ2) is 12.4. The molecule has 0 unspecified atom stereocenters. The van der Waals surface area contributed by atoms with Crippen LogP contribution in [0.5, 0.6) is 0 Å². The molecule has 1 aromatic rings. The minimum absolute atomic E-state index is 0.00508. The van der Waals surface area contributed by atoms with E-state index in [4.69, 9.17) is 9.47 Å². The number of aryl methyl sites for hydroxylation is 1. The summed E-state index contributed by atoms with van der Waals surface area (Å²) in [5.41, 5.74) is 0.727. The molecule has 0 radical (unpaired) electrons. The van der Waals surface area contributed by atoms with Crippen molar-refractivity contribution in [2.45, 2.75) is 45.7 Å². The molecule has 0 aromatic carbocycles. The SMILES string of the molecule is COCCCCn1cccc1C(=O)N(CC(C)C)[C@@H]1CNC[C@H](C(=O)N2CCOCC2)C1. The highest BCUT2D eigenvalue weighted by Gasteiger charge is 2.36. The number of methoxy groups -OCH3 is 1. The zero-order chi connectivity index (χ0) is 22.9. The molecule has 2 atom stereocenters. The Balaban J connectivity index is 1.69. The summed E-state index contributed by atoms with van der Waals surface area (Å²) in [6.45, 7) is 10.4. The Kier molecular flexibility index (Phi) is 9.56. The van der Waals surface area contributed by atoms with Gasteiger partial charge in [-0.3, -0.25) is 9.59 Å². The van der Waals surface area contributed by atoms with Crippen LogP contribution in [0.2, 0.25) is 0 Å². The molecule has 8 nitrogen and oxygen atoms in total. The normalized spacial score (nSPS) is 21.7. The molecule has 1 N–H and O–H groups in total. The van der Waals surface area contributed by atoms with Gasteiger partial charge in [-0.05, 0) is 37.3 Å². The summed E-state index contributed by atoms with van der Waals surface area (Å²) in [6.07, 6.45) is 4.62. The van der Waals surface area contributed by atoms with Crippen LogP contribution in [0.3, 0.4) is 0 Å². The summed E-state index contributed by atoms with van der Waals surface area (Å²) in [5, 5.41) is 3.43. The predicted molar refractivity (Wildman–Crippen MR) is 124 cm³/mol. The van der Waals surface area contributed by atoms with Crippen molar-refractivity contribution in [2.75, 3.05) is 59.7 Å². The molecule has 1 aromatic heterocycles. The van der Waals surface area contributed by atoms with Gasteiger partial charge in [-0.15, -0.1) is 0 Å². The molecule has 0 spiro atoms. The van der Waals surface area contributed by atoms with Crippen LogP contribution in [0.4, 0.5) is 0 Å². The van der Waals surface area contributed by atoms with E-state index in [2.05, 4.69) is 23.7 Å². The Morgan fingerprint density at radius 2 is 2.03 bits per heavy atom. The third-order valence-corrected chi connectivity index (χ3v) is 6.31. The number of aromatic nitrogens is 1. The lowest BCUT2D eigenvalue weighted by Crippen LogP contribution is -2.56. The Morgan fingerprint density at radius 1 is 1.25 bits per heavy atom. The molecule has 32 heavy (non-hydrogen) atoms. The van der Waals surface area contributed by atoms with Crippen molar-refractivity contribution >= 4 is 11.8 Å². The van der Waals surface area contributed by atoms with Gasteiger partial charge in [0.05, 0.1) is 19.1 Å². The first kappa shape index (κ1) is 24.7. The molecule has 3 rings (SSSR count). The number of piperidine rings is 1. The van der Waals surface area contributed by atoms with E-state index in [-0.39, 0.29) is 23.8 Å². The average molecular weight is 449 g/mol. The minimum atomic E-state index is -0.102. The van der Waals surface area contributed by atoms with Crippen LogP contribution in [0, 0.1) is 11.8 Å². The van der Waals surface area contributed by atoms with Gasteiger partial charge >= 0.3 is 0 Å². The number of amides is 2. The van der Waals surface area contributed by atoms with E-state index >= 15 is 0 Å². The lowest BCUT2D eigenvalue weighted by atomic mass is 9.92. The smallest absolute Gasteiger partial charge is 0.270 e. The van der Waals surface area contributed by atoms with E-state index < -0.39 is 0 Å². The summed E-state index contributed by atoms with van der Waals surface area (Å²) in [7, 11) is 1.71. The van der Waals surface area contributed by atoms with Crippen LogP contribution >= 0.6 is 0 Å². The van der Waals surface area contributed by atoms with Crippen molar-refractivity contribution < 1.29 is 19.1 Å². The van der Waals surface area contributed by atoms with E-state index in [1.165, 1.54) is 0 Å². The fourth-order valence-electron chi connectivity index (χ4n) is 4.66. The number of unbranched alkanes of at least 4 members (excludes halogenated alkanes) is 1. The predicted octanol–water partition coefficient (Wildman–Crippen LogP) is 1.85. The molecule has 0 bridgehead atoms. The van der Waals surface area contributed by atoms with Gasteiger partial charge in [-0.25, -0.2) is 0 Å². The van der Waals surface area contributed by atoms with Gasteiger partial charge in [0.2, 0.25) is 5.91 Å². The van der Waals surface area contributed by atoms with Crippen molar-refractivity contribution in [3.05, 3.63) is 24.0 Å². The molecule has 2 aliphatic rings. The highest BCUT2D eigenvalue weighted by molar-refractivity contribution is 5.93. The third-order valence-electron chi connectivity index (χ3n) is 6.31. The summed E-state index contributed by atoms with van der Waals surface area (Å²) < 4.78 is 12.6. The monoisotopic (exact) mass is 448 g/mol. The van der Waals surface area contributed by atoms with Gasteiger partial charge in [-0.1, -0.05) is 13.8 Å². The van der Waals surface area contributed by atoms with Crippen molar-refractivity contribution in [3.63, 3.8) is 0 Å². The Bertz CT molecular complexity index is 729. The maximum absolute atomic E-state index is 13.7. The van der Waals surface area contributed by atoms with Gasteiger partial charge < -0.3 is 29.2 Å². The minimum Gasteiger partial charge on any atom is -0.385 e. The number of rotatable bonds is 10. The van der Waals surface area contributed by atoms with E-state index in [9.17, 15) is 9.59 Å². The van der Waals surface area contributed by atoms with E-state index in [1.807, 2.05) is 28.1 Å². The van der Waals surface area contributed by atoms with Crippen LogP contribution in [0.15, 0.2) is 18.3 Å². The van der Waals surface area contributed by atoms with Crippen molar-refractivity contribution in [1.82, 2.24) is 19.7 Å². The Hall–Kier alpha value is -1.90. The zero-order valence-electron chi connectivity index (χ0n) is 19.9. The average Bonchev–Trinajstić information content (AvgIpc) is 3.28. The van der Waals surface area contributed by atoms with Crippen molar-refractivity contribution in [3.8, 4) is 0 Å². The first-order valence-corrected chi connectivity index (χ1v) is 12.0.